The van der Waals surface area contributed by atoms with Gasteiger partial charge < -0.3 is 4.90 Å². The van der Waals surface area contributed by atoms with Crippen LogP contribution in [0.1, 0.15) is 25.8 Å². The monoisotopic (exact) mass is 312 g/mol. The molecule has 6 heteroatoms. The van der Waals surface area contributed by atoms with E-state index in [-0.39, 0.29) is 24.1 Å². The van der Waals surface area contributed by atoms with Crippen molar-refractivity contribution >= 4 is 15.9 Å². The van der Waals surface area contributed by atoms with Crippen molar-refractivity contribution in [1.82, 2.24) is 9.21 Å². The van der Waals surface area contributed by atoms with Crippen molar-refractivity contribution < 1.29 is 13.2 Å². The van der Waals surface area contributed by atoms with E-state index in [1.165, 1.54) is 14.1 Å². The molecule has 118 valence electrons. The van der Waals surface area contributed by atoms with E-state index in [9.17, 15) is 13.2 Å². The second kappa shape index (κ2) is 7.56. The molecule has 0 saturated heterocycles. The van der Waals surface area contributed by atoms with Gasteiger partial charge in [0, 0.05) is 33.1 Å². The van der Waals surface area contributed by atoms with Crippen LogP contribution in [0.2, 0.25) is 0 Å². The number of hydrogen-bond donors (Lipinski definition) is 0. The average molecular weight is 312 g/mol. The third-order valence-corrected chi connectivity index (χ3v) is 5.10. The lowest BCUT2D eigenvalue weighted by atomic mass is 10.2. The lowest BCUT2D eigenvalue weighted by Gasteiger charge is -2.27. The van der Waals surface area contributed by atoms with Crippen LogP contribution in [0, 0.1) is 0 Å². The fourth-order valence-electron chi connectivity index (χ4n) is 1.88. The summed E-state index contributed by atoms with van der Waals surface area (Å²) in [6.45, 7) is 4.36. The molecule has 1 aromatic rings. The van der Waals surface area contributed by atoms with Crippen molar-refractivity contribution in [2.24, 2.45) is 0 Å². The molecule has 21 heavy (non-hydrogen) atoms. The molecule has 0 aliphatic heterocycles. The smallest absolute Gasteiger partial charge is 0.224 e. The van der Waals surface area contributed by atoms with Gasteiger partial charge in [0.05, 0.1) is 5.75 Å². The Morgan fingerprint density at radius 1 is 1.14 bits per heavy atom. The summed E-state index contributed by atoms with van der Waals surface area (Å²) in [6, 6.07) is 9.72. The maximum atomic E-state index is 12.3. The fraction of sp³-hybridized carbons (Fsp3) is 0.533. The first-order chi connectivity index (χ1) is 9.74. The van der Waals surface area contributed by atoms with Gasteiger partial charge in [0.25, 0.3) is 0 Å². The Morgan fingerprint density at radius 2 is 1.71 bits per heavy atom. The molecule has 0 aromatic heterocycles. The molecule has 1 rings (SSSR count). The van der Waals surface area contributed by atoms with Crippen LogP contribution in [-0.4, -0.2) is 49.4 Å². The normalized spacial score (nSPS) is 11.9. The molecule has 0 heterocycles. The van der Waals surface area contributed by atoms with Gasteiger partial charge in [0.1, 0.15) is 0 Å². The van der Waals surface area contributed by atoms with Crippen LogP contribution in [-0.2, 0) is 21.4 Å². The van der Waals surface area contributed by atoms with E-state index in [2.05, 4.69) is 0 Å². The molecule has 0 radical (unpaired) electrons. The van der Waals surface area contributed by atoms with Crippen molar-refractivity contribution in [1.29, 1.82) is 0 Å². The molecule has 0 N–H and O–H groups in total. The molecular weight excluding hydrogens is 288 g/mol. The molecule has 0 bridgehead atoms. The Morgan fingerprint density at radius 3 is 2.19 bits per heavy atom. The highest BCUT2D eigenvalue weighted by Gasteiger charge is 2.21. The molecule has 0 atom stereocenters. The summed E-state index contributed by atoms with van der Waals surface area (Å²) in [7, 11) is -0.387. The van der Waals surface area contributed by atoms with Gasteiger partial charge in [-0.05, 0) is 19.4 Å². The summed E-state index contributed by atoms with van der Waals surface area (Å²) in [6.07, 6.45) is 0.00548. The second-order valence-corrected chi connectivity index (χ2v) is 7.75. The van der Waals surface area contributed by atoms with Gasteiger partial charge in [-0.25, -0.2) is 12.7 Å². The molecule has 0 aliphatic rings. The number of benzene rings is 1. The van der Waals surface area contributed by atoms with Gasteiger partial charge >= 0.3 is 0 Å². The first-order valence-corrected chi connectivity index (χ1v) is 8.58. The fourth-order valence-corrected chi connectivity index (χ4v) is 2.68. The molecule has 0 unspecified atom stereocenters. The molecule has 1 aromatic carbocycles. The number of sulfonamides is 1. The first-order valence-electron chi connectivity index (χ1n) is 6.97. The van der Waals surface area contributed by atoms with E-state index >= 15 is 0 Å². The molecular formula is C15H24N2O3S. The summed E-state index contributed by atoms with van der Waals surface area (Å²) in [5.41, 5.74) is 1.04. The second-order valence-electron chi connectivity index (χ2n) is 5.45. The van der Waals surface area contributed by atoms with Crippen LogP contribution >= 0.6 is 0 Å². The minimum Gasteiger partial charge on any atom is -0.336 e. The molecule has 0 aliphatic carbocycles. The number of amides is 1. The zero-order chi connectivity index (χ0) is 16.0. The SMILES string of the molecule is CC(C)N(Cc1ccccc1)C(=O)CCS(=O)(=O)N(C)C. The molecule has 0 fully saturated rings. The summed E-state index contributed by atoms with van der Waals surface area (Å²) in [4.78, 5) is 14.0. The van der Waals surface area contributed by atoms with Gasteiger partial charge in [-0.2, -0.15) is 0 Å². The lowest BCUT2D eigenvalue weighted by molar-refractivity contribution is -0.133. The van der Waals surface area contributed by atoms with Gasteiger partial charge in [-0.1, -0.05) is 30.3 Å². The zero-order valence-electron chi connectivity index (χ0n) is 13.1. The maximum absolute atomic E-state index is 12.3. The van der Waals surface area contributed by atoms with Gasteiger partial charge in [0.15, 0.2) is 0 Å². The molecule has 0 spiro atoms. The van der Waals surface area contributed by atoms with Crippen LogP contribution in [0.15, 0.2) is 30.3 Å². The van der Waals surface area contributed by atoms with E-state index < -0.39 is 10.0 Å². The first kappa shape index (κ1) is 17.7. The topological polar surface area (TPSA) is 57.7 Å². The van der Waals surface area contributed by atoms with E-state index in [1.54, 1.807) is 4.90 Å². The van der Waals surface area contributed by atoms with Gasteiger partial charge in [-0.15, -0.1) is 0 Å². The van der Waals surface area contributed by atoms with E-state index in [0.29, 0.717) is 6.54 Å². The van der Waals surface area contributed by atoms with Crippen molar-refractivity contribution in [3.05, 3.63) is 35.9 Å². The number of nitrogens with zero attached hydrogens (tertiary/aromatic N) is 2. The van der Waals surface area contributed by atoms with Gasteiger partial charge in [-0.3, -0.25) is 4.79 Å². The highest BCUT2D eigenvalue weighted by atomic mass is 32.2. The van der Waals surface area contributed by atoms with Crippen molar-refractivity contribution in [2.75, 3.05) is 19.8 Å². The van der Waals surface area contributed by atoms with Gasteiger partial charge in [0.2, 0.25) is 15.9 Å². The molecule has 5 nitrogen and oxygen atoms in total. The highest BCUT2D eigenvalue weighted by molar-refractivity contribution is 7.89. The minimum absolute atomic E-state index is 0.00548. The zero-order valence-corrected chi connectivity index (χ0v) is 13.9. The summed E-state index contributed by atoms with van der Waals surface area (Å²) in [5, 5.41) is 0. The lowest BCUT2D eigenvalue weighted by Crippen LogP contribution is -2.38. The van der Waals surface area contributed by atoms with Crippen molar-refractivity contribution in [2.45, 2.75) is 32.9 Å². The van der Waals surface area contributed by atoms with Crippen LogP contribution in [0.25, 0.3) is 0 Å². The third-order valence-electron chi connectivity index (χ3n) is 3.27. The van der Waals surface area contributed by atoms with E-state index in [1.807, 2.05) is 44.2 Å². The predicted octanol–water partition coefficient (Wildman–Crippen LogP) is 1.71. The number of carbonyl (C=O) groups excluding carboxylic acids is 1. The average Bonchev–Trinajstić information content (AvgIpc) is 2.43. The minimum atomic E-state index is -3.34. The standard InChI is InChI=1S/C15H24N2O3S/c1-13(2)17(12-14-8-6-5-7-9-14)15(18)10-11-21(19,20)16(3)4/h5-9,13H,10-12H2,1-4H3. The third kappa shape index (κ3) is 5.47. The maximum Gasteiger partial charge on any atom is 0.224 e. The van der Waals surface area contributed by atoms with E-state index in [0.717, 1.165) is 9.87 Å². The number of carbonyl (C=O) groups is 1. The molecule has 0 saturated carbocycles. The summed E-state index contributed by atoms with van der Waals surface area (Å²) in [5.74, 6) is -0.295. The predicted molar refractivity (Wildman–Crippen MR) is 84.2 cm³/mol. The summed E-state index contributed by atoms with van der Waals surface area (Å²) >= 11 is 0. The summed E-state index contributed by atoms with van der Waals surface area (Å²) < 4.78 is 24.6. The number of hydrogen-bond acceptors (Lipinski definition) is 3. The number of rotatable bonds is 7. The van der Waals surface area contributed by atoms with Crippen molar-refractivity contribution in [3.8, 4) is 0 Å². The Balaban J connectivity index is 2.71. The highest BCUT2D eigenvalue weighted by Crippen LogP contribution is 2.11. The van der Waals surface area contributed by atoms with Crippen LogP contribution < -0.4 is 0 Å². The van der Waals surface area contributed by atoms with E-state index in [4.69, 9.17) is 0 Å². The Hall–Kier alpha value is -1.40. The molecule has 1 amide bonds. The van der Waals surface area contributed by atoms with Crippen molar-refractivity contribution in [3.63, 3.8) is 0 Å². The van der Waals surface area contributed by atoms with Crippen LogP contribution in [0.3, 0.4) is 0 Å². The Bertz CT molecular complexity index is 554. The quantitative estimate of drug-likeness (QED) is 0.770. The Kier molecular flexibility index (Phi) is 6.36. The largest absolute Gasteiger partial charge is 0.336 e. The van der Waals surface area contributed by atoms with Crippen LogP contribution in [0.5, 0.6) is 0 Å². The van der Waals surface area contributed by atoms with Crippen LogP contribution in [0.4, 0.5) is 0 Å². The Labute approximate surface area is 127 Å².